The van der Waals surface area contributed by atoms with E-state index in [1.54, 1.807) is 57.7 Å². The monoisotopic (exact) mass is 355 g/mol. The van der Waals surface area contributed by atoms with Crippen molar-refractivity contribution in [2.24, 2.45) is 0 Å². The molecule has 0 aliphatic carbocycles. The van der Waals surface area contributed by atoms with Crippen LogP contribution in [0, 0.1) is 0 Å². The van der Waals surface area contributed by atoms with Gasteiger partial charge < -0.3 is 19.1 Å². The van der Waals surface area contributed by atoms with Crippen LogP contribution in [0.15, 0.2) is 54.6 Å². The van der Waals surface area contributed by atoms with Crippen LogP contribution in [0.25, 0.3) is 6.08 Å². The van der Waals surface area contributed by atoms with Crippen molar-refractivity contribution >= 4 is 23.6 Å². The van der Waals surface area contributed by atoms with Gasteiger partial charge in [-0.1, -0.05) is 18.2 Å². The van der Waals surface area contributed by atoms with E-state index in [0.29, 0.717) is 17.1 Å². The Hall–Kier alpha value is -3.28. The zero-order chi connectivity index (χ0) is 18.9. The van der Waals surface area contributed by atoms with Gasteiger partial charge in [0.2, 0.25) is 0 Å². The summed E-state index contributed by atoms with van der Waals surface area (Å²) in [6.07, 6.45) is 2.82. The highest BCUT2D eigenvalue weighted by atomic mass is 16.5. The van der Waals surface area contributed by atoms with Gasteiger partial charge in [-0.2, -0.15) is 0 Å². The number of benzene rings is 2. The number of nitrogens with zero attached hydrogens (tertiary/aromatic N) is 1. The Morgan fingerprint density at radius 1 is 1.00 bits per heavy atom. The molecule has 6 heteroatoms. The van der Waals surface area contributed by atoms with Crippen LogP contribution in [0.4, 0.5) is 5.69 Å². The number of rotatable bonds is 7. The molecule has 2 aromatic carbocycles. The lowest BCUT2D eigenvalue weighted by Gasteiger charge is -2.16. The van der Waals surface area contributed by atoms with Crippen molar-refractivity contribution in [3.8, 4) is 11.5 Å². The molecule has 0 aliphatic heterocycles. The highest BCUT2D eigenvalue weighted by molar-refractivity contribution is 5.96. The highest BCUT2D eigenvalue weighted by Crippen LogP contribution is 2.23. The summed E-state index contributed by atoms with van der Waals surface area (Å²) < 4.78 is 15.3. The number of carbonyl (C=O) groups excluding carboxylic acids is 2. The average molecular weight is 355 g/mol. The third-order valence-corrected chi connectivity index (χ3v) is 3.64. The van der Waals surface area contributed by atoms with E-state index in [1.807, 2.05) is 18.2 Å². The summed E-state index contributed by atoms with van der Waals surface area (Å²) in [5.41, 5.74) is 1.44. The number of likely N-dealkylation sites (N-methyl/N-ethyl adjacent to an activating group) is 1. The molecule has 0 bridgehead atoms. The van der Waals surface area contributed by atoms with Crippen molar-refractivity contribution in [1.29, 1.82) is 0 Å². The number of amides is 1. The van der Waals surface area contributed by atoms with E-state index in [9.17, 15) is 9.59 Å². The van der Waals surface area contributed by atoms with Crippen molar-refractivity contribution < 1.29 is 23.8 Å². The lowest BCUT2D eigenvalue weighted by molar-refractivity contribution is -0.142. The van der Waals surface area contributed by atoms with Crippen LogP contribution >= 0.6 is 0 Å². The molecule has 0 fully saturated rings. The molecule has 0 atom stereocenters. The minimum Gasteiger partial charge on any atom is -0.497 e. The SMILES string of the molecule is COc1cc(/C=C/C(=O)OCC(=O)N(C)c2ccccc2)cc(OC)c1. The van der Waals surface area contributed by atoms with Crippen LogP contribution in [0.5, 0.6) is 11.5 Å². The molecule has 0 unspecified atom stereocenters. The standard InChI is InChI=1S/C20H21NO5/c1-21(16-7-5-4-6-8-16)19(22)14-26-20(23)10-9-15-11-17(24-2)13-18(12-15)25-3/h4-13H,14H2,1-3H3/b10-9+. The number of carbonyl (C=O) groups is 2. The summed E-state index contributed by atoms with van der Waals surface area (Å²) in [5, 5.41) is 0. The molecule has 136 valence electrons. The number of hydrogen-bond donors (Lipinski definition) is 0. The predicted octanol–water partition coefficient (Wildman–Crippen LogP) is 2.92. The van der Waals surface area contributed by atoms with Gasteiger partial charge in [-0.25, -0.2) is 4.79 Å². The van der Waals surface area contributed by atoms with Gasteiger partial charge in [-0.05, 0) is 35.9 Å². The second-order valence-corrected chi connectivity index (χ2v) is 5.38. The topological polar surface area (TPSA) is 65.1 Å². The normalized spacial score (nSPS) is 10.4. The predicted molar refractivity (Wildman–Crippen MR) is 99.4 cm³/mol. The Labute approximate surface area is 152 Å². The van der Waals surface area contributed by atoms with Gasteiger partial charge >= 0.3 is 5.97 Å². The number of hydrogen-bond acceptors (Lipinski definition) is 5. The second kappa shape index (κ2) is 9.27. The molecule has 0 saturated carbocycles. The van der Waals surface area contributed by atoms with E-state index in [1.165, 1.54) is 11.0 Å². The Morgan fingerprint density at radius 2 is 1.62 bits per heavy atom. The molecule has 2 aromatic rings. The molecule has 6 nitrogen and oxygen atoms in total. The van der Waals surface area contributed by atoms with Crippen LogP contribution in [0.1, 0.15) is 5.56 Å². The summed E-state index contributed by atoms with van der Waals surface area (Å²) in [6.45, 7) is -0.337. The van der Waals surface area contributed by atoms with Crippen molar-refractivity contribution in [2.75, 3.05) is 32.8 Å². The van der Waals surface area contributed by atoms with E-state index in [0.717, 1.165) is 5.69 Å². The van der Waals surface area contributed by atoms with Crippen LogP contribution in [-0.2, 0) is 14.3 Å². The molecule has 0 saturated heterocycles. The molecule has 0 aliphatic rings. The van der Waals surface area contributed by atoms with Gasteiger partial charge in [-0.3, -0.25) is 4.79 Å². The first-order valence-corrected chi connectivity index (χ1v) is 7.93. The van der Waals surface area contributed by atoms with E-state index in [-0.39, 0.29) is 12.5 Å². The summed E-state index contributed by atoms with van der Waals surface area (Å²) >= 11 is 0. The number of anilines is 1. The molecule has 1 amide bonds. The Bertz CT molecular complexity index is 764. The number of ether oxygens (including phenoxy) is 3. The first-order valence-electron chi connectivity index (χ1n) is 7.93. The third-order valence-electron chi connectivity index (χ3n) is 3.64. The van der Waals surface area contributed by atoms with Crippen LogP contribution in [0.3, 0.4) is 0 Å². The molecule has 0 radical (unpaired) electrons. The van der Waals surface area contributed by atoms with E-state index in [4.69, 9.17) is 14.2 Å². The van der Waals surface area contributed by atoms with Gasteiger partial charge in [0.1, 0.15) is 11.5 Å². The van der Waals surface area contributed by atoms with Gasteiger partial charge in [-0.15, -0.1) is 0 Å². The highest BCUT2D eigenvalue weighted by Gasteiger charge is 2.12. The largest absolute Gasteiger partial charge is 0.497 e. The van der Waals surface area contributed by atoms with Gasteiger partial charge in [0, 0.05) is 24.9 Å². The second-order valence-electron chi connectivity index (χ2n) is 5.38. The summed E-state index contributed by atoms with van der Waals surface area (Å²) in [4.78, 5) is 25.4. The number of esters is 1. The summed E-state index contributed by atoms with van der Waals surface area (Å²) in [7, 11) is 4.72. The molecular formula is C20H21NO5. The first-order chi connectivity index (χ1) is 12.5. The fraction of sp³-hybridized carbons (Fsp3) is 0.200. The van der Waals surface area contributed by atoms with Gasteiger partial charge in [0.15, 0.2) is 6.61 Å². The Balaban J connectivity index is 1.92. The molecule has 2 rings (SSSR count). The van der Waals surface area contributed by atoms with Crippen molar-refractivity contribution in [3.63, 3.8) is 0 Å². The maximum Gasteiger partial charge on any atom is 0.331 e. The number of para-hydroxylation sites is 1. The van der Waals surface area contributed by atoms with E-state index < -0.39 is 5.97 Å². The maximum atomic E-state index is 12.1. The number of methoxy groups -OCH3 is 2. The van der Waals surface area contributed by atoms with E-state index in [2.05, 4.69) is 0 Å². The molecule has 26 heavy (non-hydrogen) atoms. The van der Waals surface area contributed by atoms with Crippen LogP contribution in [-0.4, -0.2) is 39.8 Å². The smallest absolute Gasteiger partial charge is 0.331 e. The molecule has 0 heterocycles. The molecule has 0 N–H and O–H groups in total. The average Bonchev–Trinajstić information content (AvgIpc) is 2.70. The minimum atomic E-state index is -0.610. The fourth-order valence-electron chi connectivity index (χ4n) is 2.16. The van der Waals surface area contributed by atoms with Crippen molar-refractivity contribution in [3.05, 3.63) is 60.2 Å². The maximum absolute atomic E-state index is 12.1. The van der Waals surface area contributed by atoms with Crippen LogP contribution in [0.2, 0.25) is 0 Å². The molecule has 0 aromatic heterocycles. The van der Waals surface area contributed by atoms with Gasteiger partial charge in [0.05, 0.1) is 14.2 Å². The van der Waals surface area contributed by atoms with Crippen molar-refractivity contribution in [1.82, 2.24) is 0 Å². The van der Waals surface area contributed by atoms with Gasteiger partial charge in [0.25, 0.3) is 5.91 Å². The quantitative estimate of drug-likeness (QED) is 0.564. The zero-order valence-electron chi connectivity index (χ0n) is 15.0. The van der Waals surface area contributed by atoms with Crippen molar-refractivity contribution in [2.45, 2.75) is 0 Å². The lowest BCUT2D eigenvalue weighted by Crippen LogP contribution is -2.30. The van der Waals surface area contributed by atoms with Crippen LogP contribution < -0.4 is 14.4 Å². The Morgan fingerprint density at radius 3 is 2.19 bits per heavy atom. The molecular weight excluding hydrogens is 334 g/mol. The first kappa shape index (κ1) is 19.1. The lowest BCUT2D eigenvalue weighted by atomic mass is 10.2. The fourth-order valence-corrected chi connectivity index (χ4v) is 2.16. The minimum absolute atomic E-state index is 0.319. The third kappa shape index (κ3) is 5.37. The zero-order valence-corrected chi connectivity index (χ0v) is 15.0. The Kier molecular flexibility index (Phi) is 6.79. The molecule has 0 spiro atoms. The summed E-state index contributed by atoms with van der Waals surface area (Å²) in [5.74, 6) is 0.289. The summed E-state index contributed by atoms with van der Waals surface area (Å²) in [6, 6.07) is 14.4. The van der Waals surface area contributed by atoms with E-state index >= 15 is 0 Å².